The van der Waals surface area contributed by atoms with Gasteiger partial charge in [-0.2, -0.15) is 0 Å². The molecule has 0 bridgehead atoms. The Labute approximate surface area is 169 Å². The Bertz CT molecular complexity index is 905. The third-order valence-electron chi connectivity index (χ3n) is 4.26. The number of rotatable bonds is 8. The molecule has 3 rings (SSSR count). The molecule has 142 valence electrons. The van der Waals surface area contributed by atoms with Crippen LogP contribution in [0.3, 0.4) is 0 Å². The zero-order chi connectivity index (χ0) is 19.2. The molecule has 0 fully saturated rings. The normalized spacial score (nSPS) is 11.3. The second-order valence-corrected chi connectivity index (χ2v) is 8.18. The van der Waals surface area contributed by atoms with E-state index in [0.717, 1.165) is 40.5 Å². The fraction of sp³-hybridized carbons (Fsp3) is 0.286. The Kier molecular flexibility index (Phi) is 6.83. The van der Waals surface area contributed by atoms with Crippen molar-refractivity contribution in [3.8, 4) is 0 Å². The van der Waals surface area contributed by atoms with Crippen LogP contribution in [0.2, 0.25) is 5.02 Å². The highest BCUT2D eigenvalue weighted by molar-refractivity contribution is 7.99. The third-order valence-corrected chi connectivity index (χ3v) is 5.51. The minimum absolute atomic E-state index is 0.0142. The fourth-order valence-electron chi connectivity index (χ4n) is 2.82. The lowest BCUT2D eigenvalue weighted by molar-refractivity contribution is -0.113. The number of benzene rings is 2. The number of hydrogen-bond donors (Lipinski definition) is 1. The van der Waals surface area contributed by atoms with Crippen LogP contribution in [-0.2, 0) is 17.1 Å². The van der Waals surface area contributed by atoms with Gasteiger partial charge in [-0.3, -0.25) is 4.79 Å². The minimum atomic E-state index is 0.0142. The smallest absolute Gasteiger partial charge is 0.234 e. The summed E-state index contributed by atoms with van der Waals surface area (Å²) < 4.78 is 2.24. The van der Waals surface area contributed by atoms with Crippen LogP contribution in [-0.4, -0.2) is 41.8 Å². The summed E-state index contributed by atoms with van der Waals surface area (Å²) in [6.07, 6.45) is 2.10. The molecule has 4 nitrogen and oxygen atoms in total. The van der Waals surface area contributed by atoms with E-state index in [9.17, 15) is 4.79 Å². The molecule has 27 heavy (non-hydrogen) atoms. The van der Waals surface area contributed by atoms with Gasteiger partial charge in [0.1, 0.15) is 0 Å². The summed E-state index contributed by atoms with van der Waals surface area (Å²) in [5.74, 6) is 1.23. The number of nitrogens with zero attached hydrogens (tertiary/aromatic N) is 2. The van der Waals surface area contributed by atoms with Crippen molar-refractivity contribution in [2.24, 2.45) is 0 Å². The molecule has 2 aromatic carbocycles. The van der Waals surface area contributed by atoms with Gasteiger partial charge < -0.3 is 14.8 Å². The summed E-state index contributed by atoms with van der Waals surface area (Å²) in [6.45, 7) is 1.94. The van der Waals surface area contributed by atoms with Crippen LogP contribution in [0.25, 0.3) is 10.9 Å². The number of carbonyl (C=O) groups excluding carboxylic acids is 1. The standard InChI is InChI=1S/C21H24ClN3OS/c1-24(2)11-12-25-10-9-17-13-19(7-8-20(17)25)23-21(26)15-27-14-16-3-5-18(22)6-4-16/h3-10,13H,11-12,14-15H2,1-2H3,(H,23,26). The summed E-state index contributed by atoms with van der Waals surface area (Å²) in [5.41, 5.74) is 3.19. The summed E-state index contributed by atoms with van der Waals surface area (Å²) in [4.78, 5) is 14.4. The number of anilines is 1. The minimum Gasteiger partial charge on any atom is -0.346 e. The molecule has 0 spiro atoms. The average Bonchev–Trinajstić information content (AvgIpc) is 3.04. The summed E-state index contributed by atoms with van der Waals surface area (Å²) in [5, 5.41) is 4.86. The Morgan fingerprint density at radius 3 is 2.67 bits per heavy atom. The maximum absolute atomic E-state index is 12.2. The van der Waals surface area contributed by atoms with Gasteiger partial charge in [0.2, 0.25) is 5.91 Å². The molecule has 0 aliphatic carbocycles. The molecule has 1 N–H and O–H groups in total. The highest BCUT2D eigenvalue weighted by atomic mass is 35.5. The summed E-state index contributed by atoms with van der Waals surface area (Å²) >= 11 is 7.48. The molecule has 0 saturated carbocycles. The maximum atomic E-state index is 12.2. The Hall–Kier alpha value is -1.95. The lowest BCUT2D eigenvalue weighted by atomic mass is 10.2. The molecule has 6 heteroatoms. The van der Waals surface area contributed by atoms with Crippen molar-refractivity contribution in [2.45, 2.75) is 12.3 Å². The van der Waals surface area contributed by atoms with E-state index in [1.807, 2.05) is 36.4 Å². The first-order valence-electron chi connectivity index (χ1n) is 8.87. The van der Waals surface area contributed by atoms with Crippen LogP contribution in [0, 0.1) is 0 Å². The van der Waals surface area contributed by atoms with E-state index in [1.54, 1.807) is 11.8 Å². The number of fused-ring (bicyclic) bond motifs is 1. The van der Waals surface area contributed by atoms with Gasteiger partial charge in [-0.15, -0.1) is 11.8 Å². The quantitative estimate of drug-likeness (QED) is 0.593. The first-order chi connectivity index (χ1) is 13.0. The van der Waals surface area contributed by atoms with Gasteiger partial charge in [-0.05, 0) is 56.1 Å². The lowest BCUT2D eigenvalue weighted by Crippen LogP contribution is -2.17. The van der Waals surface area contributed by atoms with Crippen LogP contribution in [0.4, 0.5) is 5.69 Å². The number of carbonyl (C=O) groups is 1. The molecule has 3 aromatic rings. The maximum Gasteiger partial charge on any atom is 0.234 e. The zero-order valence-corrected chi connectivity index (χ0v) is 17.2. The predicted octanol–water partition coefficient (Wildman–Crippen LogP) is 4.73. The Morgan fingerprint density at radius 1 is 1.15 bits per heavy atom. The second kappa shape index (κ2) is 9.31. The van der Waals surface area contributed by atoms with Crippen LogP contribution < -0.4 is 5.32 Å². The number of likely N-dealkylation sites (N-methyl/N-ethyl adjacent to an activating group) is 1. The fourth-order valence-corrected chi connectivity index (χ4v) is 3.73. The van der Waals surface area contributed by atoms with Crippen molar-refractivity contribution in [3.05, 3.63) is 65.3 Å². The zero-order valence-electron chi connectivity index (χ0n) is 15.6. The van der Waals surface area contributed by atoms with Gasteiger partial charge in [-0.1, -0.05) is 23.7 Å². The van der Waals surface area contributed by atoms with Gasteiger partial charge in [-0.25, -0.2) is 0 Å². The topological polar surface area (TPSA) is 37.3 Å². The van der Waals surface area contributed by atoms with Gasteiger partial charge in [0.25, 0.3) is 0 Å². The van der Waals surface area contributed by atoms with E-state index < -0.39 is 0 Å². The van der Waals surface area contributed by atoms with Crippen molar-refractivity contribution in [2.75, 3.05) is 31.7 Å². The number of thioether (sulfide) groups is 1. The predicted molar refractivity (Wildman–Crippen MR) is 117 cm³/mol. The highest BCUT2D eigenvalue weighted by Gasteiger charge is 2.06. The van der Waals surface area contributed by atoms with Gasteiger partial charge in [0, 0.05) is 46.7 Å². The van der Waals surface area contributed by atoms with Crippen LogP contribution >= 0.6 is 23.4 Å². The van der Waals surface area contributed by atoms with E-state index in [2.05, 4.69) is 47.2 Å². The third kappa shape index (κ3) is 5.76. The molecule has 0 saturated heterocycles. The summed E-state index contributed by atoms with van der Waals surface area (Å²) in [6, 6.07) is 15.9. The molecule has 0 aliphatic heterocycles. The molecule has 0 unspecified atom stereocenters. The first kappa shape index (κ1) is 19.8. The largest absolute Gasteiger partial charge is 0.346 e. The van der Waals surface area contributed by atoms with E-state index in [-0.39, 0.29) is 5.91 Å². The molecule has 0 aliphatic rings. The number of aromatic nitrogens is 1. The highest BCUT2D eigenvalue weighted by Crippen LogP contribution is 2.21. The van der Waals surface area contributed by atoms with Crippen molar-refractivity contribution in [1.29, 1.82) is 0 Å². The van der Waals surface area contributed by atoms with Gasteiger partial charge in [0.05, 0.1) is 5.75 Å². The van der Waals surface area contributed by atoms with E-state index in [0.29, 0.717) is 5.75 Å². The lowest BCUT2D eigenvalue weighted by Gasteiger charge is -2.11. The molecule has 1 heterocycles. The first-order valence-corrected chi connectivity index (χ1v) is 10.4. The Balaban J connectivity index is 1.53. The van der Waals surface area contributed by atoms with Crippen molar-refractivity contribution < 1.29 is 4.79 Å². The Morgan fingerprint density at radius 2 is 1.93 bits per heavy atom. The van der Waals surface area contributed by atoms with E-state index >= 15 is 0 Å². The van der Waals surface area contributed by atoms with Gasteiger partial charge in [0.15, 0.2) is 0 Å². The monoisotopic (exact) mass is 401 g/mol. The molecule has 1 aromatic heterocycles. The molecular formula is C21H24ClN3OS. The van der Waals surface area contributed by atoms with Gasteiger partial charge >= 0.3 is 0 Å². The van der Waals surface area contributed by atoms with Crippen molar-refractivity contribution >= 4 is 45.9 Å². The SMILES string of the molecule is CN(C)CCn1ccc2cc(NC(=O)CSCc3ccc(Cl)cc3)ccc21. The number of halogens is 1. The second-order valence-electron chi connectivity index (χ2n) is 6.75. The number of hydrogen-bond acceptors (Lipinski definition) is 3. The van der Waals surface area contributed by atoms with E-state index in [4.69, 9.17) is 11.6 Å². The molecule has 1 amide bonds. The van der Waals surface area contributed by atoms with Crippen LogP contribution in [0.5, 0.6) is 0 Å². The van der Waals surface area contributed by atoms with Crippen molar-refractivity contribution in [1.82, 2.24) is 9.47 Å². The molecule has 0 radical (unpaired) electrons. The summed E-state index contributed by atoms with van der Waals surface area (Å²) in [7, 11) is 4.15. The molecular weight excluding hydrogens is 378 g/mol. The number of nitrogens with one attached hydrogen (secondary N) is 1. The van der Waals surface area contributed by atoms with E-state index in [1.165, 1.54) is 5.52 Å². The van der Waals surface area contributed by atoms with Crippen molar-refractivity contribution in [3.63, 3.8) is 0 Å². The number of amides is 1. The van der Waals surface area contributed by atoms with Crippen LogP contribution in [0.1, 0.15) is 5.56 Å². The average molecular weight is 402 g/mol. The molecule has 0 atom stereocenters. The van der Waals surface area contributed by atoms with Crippen LogP contribution in [0.15, 0.2) is 54.7 Å².